The Labute approximate surface area is 122 Å². The van der Waals surface area contributed by atoms with Crippen LogP contribution in [-0.4, -0.2) is 21.0 Å². The number of hydrogen-bond donors (Lipinski definition) is 2. The second kappa shape index (κ2) is 7.26. The van der Waals surface area contributed by atoms with Crippen molar-refractivity contribution < 1.29 is 21.6 Å². The van der Waals surface area contributed by atoms with Gasteiger partial charge in [0.05, 0.1) is 10.5 Å². The molecule has 0 aliphatic carbocycles. The molecule has 0 aliphatic heterocycles. The van der Waals surface area contributed by atoms with Crippen molar-refractivity contribution >= 4 is 22.4 Å². The first-order valence-corrected chi connectivity index (χ1v) is 7.04. The normalized spacial score (nSPS) is 13.7. The molecule has 4 nitrogen and oxygen atoms in total. The Morgan fingerprint density at radius 3 is 2.15 bits per heavy atom. The summed E-state index contributed by atoms with van der Waals surface area (Å²) < 4.78 is 62.7. The molecule has 1 aromatic rings. The number of halogens is 4. The molecule has 0 aliphatic rings. The lowest BCUT2D eigenvalue weighted by molar-refractivity contribution is -0.137. The molecule has 0 heterocycles. The SMILES string of the molecule is CC(N)CCNS(=O)(=O)c1ccc(C(F)(F)F)cc1.Cl. The van der Waals surface area contributed by atoms with Crippen LogP contribution in [0.1, 0.15) is 18.9 Å². The van der Waals surface area contributed by atoms with Crippen LogP contribution in [0.15, 0.2) is 29.2 Å². The Morgan fingerprint density at radius 2 is 1.75 bits per heavy atom. The second-order valence-corrected chi connectivity index (χ2v) is 5.95. The minimum Gasteiger partial charge on any atom is -0.328 e. The minimum atomic E-state index is -4.48. The maximum atomic E-state index is 12.3. The molecule has 0 fully saturated rings. The summed E-state index contributed by atoms with van der Waals surface area (Å²) in [5.74, 6) is 0. The van der Waals surface area contributed by atoms with E-state index in [9.17, 15) is 21.6 Å². The molecule has 0 saturated heterocycles. The quantitative estimate of drug-likeness (QED) is 0.867. The molecular formula is C11H16ClF3N2O2S. The van der Waals surface area contributed by atoms with Crippen LogP contribution >= 0.6 is 12.4 Å². The van der Waals surface area contributed by atoms with E-state index in [2.05, 4.69) is 4.72 Å². The number of rotatable bonds is 5. The predicted octanol–water partition coefficient (Wildman–Crippen LogP) is 2.14. The average Bonchev–Trinajstić information content (AvgIpc) is 2.27. The number of nitrogens with two attached hydrogens (primary N) is 1. The van der Waals surface area contributed by atoms with E-state index in [0.717, 1.165) is 24.3 Å². The van der Waals surface area contributed by atoms with Crippen molar-refractivity contribution in [2.75, 3.05) is 6.54 Å². The van der Waals surface area contributed by atoms with Crippen molar-refractivity contribution in [2.45, 2.75) is 30.5 Å². The number of sulfonamides is 1. The summed E-state index contributed by atoms with van der Waals surface area (Å²) in [6.07, 6.45) is -4.04. The van der Waals surface area contributed by atoms with E-state index < -0.39 is 21.8 Å². The highest BCUT2D eigenvalue weighted by atomic mass is 35.5. The molecule has 20 heavy (non-hydrogen) atoms. The van der Waals surface area contributed by atoms with Gasteiger partial charge in [-0.15, -0.1) is 12.4 Å². The maximum Gasteiger partial charge on any atom is 0.416 e. The van der Waals surface area contributed by atoms with Crippen molar-refractivity contribution in [3.63, 3.8) is 0 Å². The Morgan fingerprint density at radius 1 is 1.25 bits per heavy atom. The highest BCUT2D eigenvalue weighted by molar-refractivity contribution is 7.89. The number of alkyl halides is 3. The third kappa shape index (κ3) is 5.66. The summed E-state index contributed by atoms with van der Waals surface area (Å²) in [5.41, 5.74) is 4.58. The molecule has 0 saturated carbocycles. The number of nitrogens with one attached hydrogen (secondary N) is 1. The van der Waals surface area contributed by atoms with E-state index in [1.807, 2.05) is 0 Å². The molecule has 0 radical (unpaired) electrons. The Kier molecular flexibility index (Phi) is 6.96. The van der Waals surface area contributed by atoms with Gasteiger partial charge in [-0.2, -0.15) is 13.2 Å². The molecule has 1 unspecified atom stereocenters. The van der Waals surface area contributed by atoms with Gasteiger partial charge in [-0.1, -0.05) is 0 Å². The van der Waals surface area contributed by atoms with Crippen LogP contribution in [0.3, 0.4) is 0 Å². The first kappa shape index (κ1) is 19.2. The highest BCUT2D eigenvalue weighted by Crippen LogP contribution is 2.29. The van der Waals surface area contributed by atoms with E-state index >= 15 is 0 Å². The molecule has 0 amide bonds. The van der Waals surface area contributed by atoms with Gasteiger partial charge in [0.25, 0.3) is 0 Å². The third-order valence-electron chi connectivity index (χ3n) is 2.38. The summed E-state index contributed by atoms with van der Waals surface area (Å²) in [6, 6.07) is 3.17. The number of benzene rings is 1. The van der Waals surface area contributed by atoms with Gasteiger partial charge in [-0.25, -0.2) is 13.1 Å². The van der Waals surface area contributed by atoms with E-state index in [1.54, 1.807) is 6.92 Å². The summed E-state index contributed by atoms with van der Waals surface area (Å²) in [6.45, 7) is 1.87. The van der Waals surface area contributed by atoms with E-state index in [-0.39, 0.29) is 29.9 Å². The Balaban J connectivity index is 0.00000361. The monoisotopic (exact) mass is 332 g/mol. The largest absolute Gasteiger partial charge is 0.416 e. The summed E-state index contributed by atoms with van der Waals surface area (Å²) in [5, 5.41) is 0. The van der Waals surface area contributed by atoms with Gasteiger partial charge >= 0.3 is 6.18 Å². The summed E-state index contributed by atoms with van der Waals surface area (Å²) in [7, 11) is -3.79. The Bertz CT molecular complexity index is 515. The fraction of sp³-hybridized carbons (Fsp3) is 0.455. The van der Waals surface area contributed by atoms with Crippen LogP contribution in [0.5, 0.6) is 0 Å². The third-order valence-corrected chi connectivity index (χ3v) is 3.86. The van der Waals surface area contributed by atoms with Crippen LogP contribution < -0.4 is 10.5 Å². The van der Waals surface area contributed by atoms with Gasteiger partial charge in [-0.05, 0) is 37.6 Å². The highest BCUT2D eigenvalue weighted by Gasteiger charge is 2.30. The topological polar surface area (TPSA) is 72.2 Å². The van der Waals surface area contributed by atoms with E-state index in [1.165, 1.54) is 0 Å². The molecule has 0 bridgehead atoms. The first-order chi connectivity index (χ1) is 8.63. The second-order valence-electron chi connectivity index (χ2n) is 4.19. The zero-order valence-corrected chi connectivity index (χ0v) is 12.3. The fourth-order valence-electron chi connectivity index (χ4n) is 1.33. The van der Waals surface area contributed by atoms with E-state index in [0.29, 0.717) is 6.42 Å². The maximum absolute atomic E-state index is 12.3. The summed E-state index contributed by atoms with van der Waals surface area (Å²) in [4.78, 5) is -0.204. The van der Waals surface area contributed by atoms with Crippen LogP contribution in [0.4, 0.5) is 13.2 Å². The van der Waals surface area contributed by atoms with Crippen LogP contribution in [0.2, 0.25) is 0 Å². The van der Waals surface area contributed by atoms with Crippen LogP contribution in [0, 0.1) is 0 Å². The number of hydrogen-bond acceptors (Lipinski definition) is 3. The minimum absolute atomic E-state index is 0. The van der Waals surface area contributed by atoms with Crippen molar-refractivity contribution in [3.05, 3.63) is 29.8 Å². The van der Waals surface area contributed by atoms with Gasteiger partial charge in [-0.3, -0.25) is 0 Å². The molecule has 116 valence electrons. The predicted molar refractivity (Wildman–Crippen MR) is 72.1 cm³/mol. The van der Waals surface area contributed by atoms with E-state index in [4.69, 9.17) is 5.73 Å². The molecule has 9 heteroatoms. The standard InChI is InChI=1S/C11H15F3N2O2S.ClH/c1-8(15)6-7-16-19(17,18)10-4-2-9(3-5-10)11(12,13)14;/h2-5,8,16H,6-7,15H2,1H3;1H. The van der Waals surface area contributed by atoms with Gasteiger partial charge in [0.15, 0.2) is 0 Å². The fourth-order valence-corrected chi connectivity index (χ4v) is 2.37. The summed E-state index contributed by atoms with van der Waals surface area (Å²) >= 11 is 0. The zero-order valence-electron chi connectivity index (χ0n) is 10.6. The van der Waals surface area contributed by atoms with Gasteiger partial charge in [0.2, 0.25) is 10.0 Å². The van der Waals surface area contributed by atoms with Gasteiger partial charge in [0.1, 0.15) is 0 Å². The Hall–Kier alpha value is -0.830. The lowest BCUT2D eigenvalue weighted by atomic mass is 10.2. The van der Waals surface area contributed by atoms with Gasteiger partial charge < -0.3 is 5.73 Å². The molecule has 1 aromatic carbocycles. The molecular weight excluding hydrogens is 317 g/mol. The lowest BCUT2D eigenvalue weighted by Gasteiger charge is -2.10. The van der Waals surface area contributed by atoms with Crippen LogP contribution in [0.25, 0.3) is 0 Å². The van der Waals surface area contributed by atoms with Crippen molar-refractivity contribution in [2.24, 2.45) is 5.73 Å². The zero-order chi connectivity index (χ0) is 14.7. The first-order valence-electron chi connectivity index (χ1n) is 5.55. The average molecular weight is 333 g/mol. The van der Waals surface area contributed by atoms with Crippen LogP contribution in [-0.2, 0) is 16.2 Å². The van der Waals surface area contributed by atoms with Crippen molar-refractivity contribution in [1.82, 2.24) is 4.72 Å². The smallest absolute Gasteiger partial charge is 0.328 e. The van der Waals surface area contributed by atoms with Crippen molar-refractivity contribution in [1.29, 1.82) is 0 Å². The molecule has 3 N–H and O–H groups in total. The molecule has 0 aromatic heterocycles. The lowest BCUT2D eigenvalue weighted by Crippen LogP contribution is -2.29. The van der Waals surface area contributed by atoms with Gasteiger partial charge in [0, 0.05) is 12.6 Å². The van der Waals surface area contributed by atoms with Crippen molar-refractivity contribution in [3.8, 4) is 0 Å². The molecule has 1 atom stereocenters. The molecule has 0 spiro atoms. The molecule has 1 rings (SSSR count).